The summed E-state index contributed by atoms with van der Waals surface area (Å²) >= 11 is 0. The molecule has 2 fully saturated rings. The number of nitrogens with zero attached hydrogens (tertiary/aromatic N) is 2. The molecule has 0 atom stereocenters. The third kappa shape index (κ3) is 2.41. The first-order valence-corrected chi connectivity index (χ1v) is 7.02. The molecule has 1 aromatic heterocycles. The summed E-state index contributed by atoms with van der Waals surface area (Å²) in [5.41, 5.74) is 0.385. The zero-order chi connectivity index (χ0) is 13.3. The Morgan fingerprint density at radius 3 is 2.84 bits per heavy atom. The molecule has 1 aromatic rings. The van der Waals surface area contributed by atoms with Crippen LogP contribution in [0.1, 0.15) is 42.7 Å². The molecule has 3 rings (SSSR count). The molecule has 5 nitrogen and oxygen atoms in total. The summed E-state index contributed by atoms with van der Waals surface area (Å²) in [4.78, 5) is 20.3. The minimum atomic E-state index is -0.163. The Bertz CT molecular complexity index is 480. The van der Waals surface area contributed by atoms with Crippen LogP contribution in [0.4, 0.5) is 5.82 Å². The van der Waals surface area contributed by atoms with Crippen molar-refractivity contribution < 1.29 is 4.79 Å². The molecule has 19 heavy (non-hydrogen) atoms. The van der Waals surface area contributed by atoms with E-state index in [0.29, 0.717) is 11.2 Å². The minimum absolute atomic E-state index is 0.163. The van der Waals surface area contributed by atoms with Gasteiger partial charge in [0.25, 0.3) is 5.91 Å². The molecule has 2 aliphatic carbocycles. The molecular weight excluding hydrogens is 240 g/mol. The normalized spacial score (nSPS) is 20.5. The van der Waals surface area contributed by atoms with Crippen LogP contribution in [0.3, 0.4) is 0 Å². The van der Waals surface area contributed by atoms with Crippen LogP contribution in [-0.2, 0) is 0 Å². The van der Waals surface area contributed by atoms with Gasteiger partial charge < -0.3 is 10.6 Å². The van der Waals surface area contributed by atoms with Crippen molar-refractivity contribution in [2.45, 2.75) is 32.1 Å². The van der Waals surface area contributed by atoms with Crippen molar-refractivity contribution >= 4 is 11.7 Å². The van der Waals surface area contributed by atoms with Gasteiger partial charge in [0.15, 0.2) is 0 Å². The van der Waals surface area contributed by atoms with Gasteiger partial charge in [0.2, 0.25) is 5.82 Å². The van der Waals surface area contributed by atoms with E-state index in [4.69, 9.17) is 0 Å². The van der Waals surface area contributed by atoms with E-state index in [-0.39, 0.29) is 11.7 Å². The average Bonchev–Trinajstić information content (AvgIpc) is 3.22. The van der Waals surface area contributed by atoms with E-state index in [0.717, 1.165) is 12.5 Å². The summed E-state index contributed by atoms with van der Waals surface area (Å²) in [6.07, 6.45) is 8.10. The largest absolute Gasteiger partial charge is 0.373 e. The summed E-state index contributed by atoms with van der Waals surface area (Å²) in [5.74, 6) is 1.59. The predicted octanol–water partition coefficient (Wildman–Crippen LogP) is 1.83. The highest BCUT2D eigenvalue weighted by Gasteiger charge is 2.48. The summed E-state index contributed by atoms with van der Waals surface area (Å²) < 4.78 is 0. The number of carbonyl (C=O) groups excluding carboxylic acids is 1. The van der Waals surface area contributed by atoms with Gasteiger partial charge in [0.1, 0.15) is 5.82 Å². The van der Waals surface area contributed by atoms with Crippen LogP contribution in [0.25, 0.3) is 0 Å². The third-order valence-electron chi connectivity index (χ3n) is 4.51. The Morgan fingerprint density at radius 1 is 1.47 bits per heavy atom. The lowest BCUT2D eigenvalue weighted by molar-refractivity contribution is 0.0774. The highest BCUT2D eigenvalue weighted by molar-refractivity contribution is 5.90. The van der Waals surface area contributed by atoms with Crippen LogP contribution in [0, 0.1) is 11.3 Å². The molecule has 0 aromatic carbocycles. The first-order valence-electron chi connectivity index (χ1n) is 7.02. The van der Waals surface area contributed by atoms with Gasteiger partial charge in [-0.1, -0.05) is 6.42 Å². The molecule has 2 saturated carbocycles. The van der Waals surface area contributed by atoms with Crippen molar-refractivity contribution in [2.75, 3.05) is 18.9 Å². The first-order chi connectivity index (χ1) is 9.23. The standard InChI is InChI=1S/C14H20N4O/c1-15-11-5-8-16-12(18-11)13(19)17-9-14(6-2-7-14)10-3-4-10/h5,8,10H,2-4,6-7,9H2,1H3,(H,17,19)(H,15,16,18). The lowest BCUT2D eigenvalue weighted by atomic mass is 9.65. The molecule has 102 valence electrons. The zero-order valence-corrected chi connectivity index (χ0v) is 11.3. The molecule has 0 unspecified atom stereocenters. The molecule has 2 aliphatic rings. The quantitative estimate of drug-likeness (QED) is 0.847. The molecule has 5 heteroatoms. The van der Waals surface area contributed by atoms with Gasteiger partial charge in [-0.05, 0) is 43.1 Å². The smallest absolute Gasteiger partial charge is 0.289 e. The molecule has 1 heterocycles. The summed E-state index contributed by atoms with van der Waals surface area (Å²) in [5, 5.41) is 5.94. The van der Waals surface area contributed by atoms with Gasteiger partial charge in [-0.15, -0.1) is 0 Å². The number of carbonyl (C=O) groups is 1. The lowest BCUT2D eigenvalue weighted by Gasteiger charge is -2.42. The Kier molecular flexibility index (Phi) is 3.12. The van der Waals surface area contributed by atoms with E-state index in [9.17, 15) is 4.79 Å². The van der Waals surface area contributed by atoms with Crippen molar-refractivity contribution in [2.24, 2.45) is 11.3 Å². The number of anilines is 1. The fourth-order valence-electron chi connectivity index (χ4n) is 3.00. The van der Waals surface area contributed by atoms with Crippen LogP contribution in [0.15, 0.2) is 12.3 Å². The number of hydrogen-bond donors (Lipinski definition) is 2. The van der Waals surface area contributed by atoms with Gasteiger partial charge in [0.05, 0.1) is 0 Å². The number of amides is 1. The van der Waals surface area contributed by atoms with Gasteiger partial charge in [-0.3, -0.25) is 4.79 Å². The number of nitrogens with one attached hydrogen (secondary N) is 2. The van der Waals surface area contributed by atoms with E-state index in [1.807, 2.05) is 0 Å². The molecule has 0 aliphatic heterocycles. The highest BCUT2D eigenvalue weighted by Crippen LogP contribution is 2.56. The molecule has 1 amide bonds. The molecule has 0 saturated heterocycles. The van der Waals surface area contributed by atoms with Crippen LogP contribution in [0.5, 0.6) is 0 Å². The Morgan fingerprint density at radius 2 is 2.26 bits per heavy atom. The van der Waals surface area contributed by atoms with Crippen LogP contribution < -0.4 is 10.6 Å². The van der Waals surface area contributed by atoms with Gasteiger partial charge in [0, 0.05) is 19.8 Å². The maximum Gasteiger partial charge on any atom is 0.289 e. The van der Waals surface area contributed by atoms with E-state index in [2.05, 4.69) is 20.6 Å². The van der Waals surface area contributed by atoms with Gasteiger partial charge in [-0.25, -0.2) is 9.97 Å². The maximum atomic E-state index is 12.1. The van der Waals surface area contributed by atoms with Crippen molar-refractivity contribution in [3.63, 3.8) is 0 Å². The van der Waals surface area contributed by atoms with E-state index in [1.54, 1.807) is 19.3 Å². The second-order valence-corrected chi connectivity index (χ2v) is 5.69. The topological polar surface area (TPSA) is 66.9 Å². The van der Waals surface area contributed by atoms with Crippen molar-refractivity contribution in [1.29, 1.82) is 0 Å². The SMILES string of the molecule is CNc1ccnc(C(=O)NCC2(C3CC3)CCC2)n1. The second kappa shape index (κ2) is 4.79. The molecule has 0 bridgehead atoms. The first kappa shape index (κ1) is 12.4. The van der Waals surface area contributed by atoms with E-state index < -0.39 is 0 Å². The zero-order valence-electron chi connectivity index (χ0n) is 11.3. The molecule has 2 N–H and O–H groups in total. The Hall–Kier alpha value is -1.65. The van der Waals surface area contributed by atoms with Crippen LogP contribution in [-0.4, -0.2) is 29.5 Å². The van der Waals surface area contributed by atoms with E-state index >= 15 is 0 Å². The second-order valence-electron chi connectivity index (χ2n) is 5.69. The fourth-order valence-corrected chi connectivity index (χ4v) is 3.00. The summed E-state index contributed by atoms with van der Waals surface area (Å²) in [7, 11) is 1.78. The minimum Gasteiger partial charge on any atom is -0.373 e. The monoisotopic (exact) mass is 260 g/mol. The lowest BCUT2D eigenvalue weighted by Crippen LogP contribution is -2.44. The average molecular weight is 260 g/mol. The van der Waals surface area contributed by atoms with Crippen molar-refractivity contribution in [1.82, 2.24) is 15.3 Å². The molecular formula is C14H20N4O. The fraction of sp³-hybridized carbons (Fsp3) is 0.643. The van der Waals surface area contributed by atoms with Gasteiger partial charge >= 0.3 is 0 Å². The highest BCUT2D eigenvalue weighted by atomic mass is 16.2. The number of rotatable bonds is 5. The Labute approximate surface area is 113 Å². The third-order valence-corrected chi connectivity index (χ3v) is 4.51. The summed E-state index contributed by atoms with van der Waals surface area (Å²) in [6, 6.07) is 1.74. The predicted molar refractivity (Wildman–Crippen MR) is 72.9 cm³/mol. The van der Waals surface area contributed by atoms with E-state index in [1.165, 1.54) is 32.1 Å². The summed E-state index contributed by atoms with van der Waals surface area (Å²) in [6.45, 7) is 0.781. The molecule has 0 spiro atoms. The number of hydrogen-bond acceptors (Lipinski definition) is 4. The maximum absolute atomic E-state index is 12.1. The van der Waals surface area contributed by atoms with Gasteiger partial charge in [-0.2, -0.15) is 0 Å². The van der Waals surface area contributed by atoms with Crippen LogP contribution in [0.2, 0.25) is 0 Å². The van der Waals surface area contributed by atoms with Crippen molar-refractivity contribution in [3.8, 4) is 0 Å². The Balaban J connectivity index is 1.61. The van der Waals surface area contributed by atoms with Crippen LogP contribution >= 0.6 is 0 Å². The van der Waals surface area contributed by atoms with Crippen molar-refractivity contribution in [3.05, 3.63) is 18.1 Å². The molecule has 0 radical (unpaired) electrons. The number of aromatic nitrogens is 2.